The van der Waals surface area contributed by atoms with E-state index in [1.807, 2.05) is 36.9 Å². The summed E-state index contributed by atoms with van der Waals surface area (Å²) in [7, 11) is 0. The van der Waals surface area contributed by atoms with Gasteiger partial charge in [0.15, 0.2) is 6.61 Å². The zero-order valence-electron chi connectivity index (χ0n) is 13.4. The molecule has 1 aliphatic rings. The third kappa shape index (κ3) is 3.05. The van der Waals surface area contributed by atoms with Crippen LogP contribution in [0.5, 0.6) is 5.75 Å². The number of amides is 1. The van der Waals surface area contributed by atoms with E-state index in [-0.39, 0.29) is 24.6 Å². The van der Waals surface area contributed by atoms with Crippen molar-refractivity contribution in [3.63, 3.8) is 0 Å². The van der Waals surface area contributed by atoms with Crippen molar-refractivity contribution in [1.29, 1.82) is 0 Å². The van der Waals surface area contributed by atoms with E-state index in [4.69, 9.17) is 10.5 Å². The number of ether oxygens (including phenoxy) is 1. The number of nitrogens with zero attached hydrogens (tertiary/aromatic N) is 1. The molecule has 0 radical (unpaired) electrons. The molecule has 1 unspecified atom stereocenters. The molecular formula is C17H26N2O2. The van der Waals surface area contributed by atoms with E-state index in [1.165, 1.54) is 0 Å². The Kier molecular flexibility index (Phi) is 4.88. The van der Waals surface area contributed by atoms with Crippen LogP contribution < -0.4 is 15.4 Å². The minimum absolute atomic E-state index is 0.00339. The van der Waals surface area contributed by atoms with Crippen LogP contribution in [0.1, 0.15) is 52.1 Å². The average Bonchev–Trinajstić information content (AvgIpc) is 2.47. The second kappa shape index (κ2) is 6.48. The number of rotatable bonds is 5. The van der Waals surface area contributed by atoms with Crippen molar-refractivity contribution in [2.24, 2.45) is 11.7 Å². The number of nitrogens with two attached hydrogens (primary N) is 1. The number of carbonyl (C=O) groups excluding carboxylic acids is 1. The summed E-state index contributed by atoms with van der Waals surface area (Å²) < 4.78 is 5.53. The number of anilines is 1. The highest BCUT2D eigenvalue weighted by Crippen LogP contribution is 2.37. The number of benzene rings is 1. The lowest BCUT2D eigenvalue weighted by molar-refractivity contribution is -0.121. The normalized spacial score (nSPS) is 16.1. The van der Waals surface area contributed by atoms with Gasteiger partial charge in [0.1, 0.15) is 5.75 Å². The molecule has 1 heterocycles. The van der Waals surface area contributed by atoms with Crippen molar-refractivity contribution in [3.05, 3.63) is 23.8 Å². The quantitative estimate of drug-likeness (QED) is 0.905. The van der Waals surface area contributed by atoms with Gasteiger partial charge in [0.2, 0.25) is 0 Å². The molecule has 1 amide bonds. The largest absolute Gasteiger partial charge is 0.482 e. The van der Waals surface area contributed by atoms with E-state index < -0.39 is 0 Å². The zero-order valence-corrected chi connectivity index (χ0v) is 13.4. The van der Waals surface area contributed by atoms with Crippen molar-refractivity contribution >= 4 is 11.6 Å². The molecule has 2 N–H and O–H groups in total. The van der Waals surface area contributed by atoms with E-state index in [0.717, 1.165) is 29.8 Å². The number of fused-ring (bicyclic) bond motifs is 1. The van der Waals surface area contributed by atoms with Crippen LogP contribution in [0.25, 0.3) is 0 Å². The highest BCUT2D eigenvalue weighted by molar-refractivity contribution is 5.98. The summed E-state index contributed by atoms with van der Waals surface area (Å²) in [5, 5.41) is 0. The molecule has 0 aromatic heterocycles. The van der Waals surface area contributed by atoms with E-state index in [1.54, 1.807) is 0 Å². The van der Waals surface area contributed by atoms with Crippen molar-refractivity contribution in [1.82, 2.24) is 0 Å². The van der Waals surface area contributed by atoms with Gasteiger partial charge in [-0.25, -0.2) is 0 Å². The summed E-state index contributed by atoms with van der Waals surface area (Å²) in [6, 6.07) is 6.09. The van der Waals surface area contributed by atoms with Crippen molar-refractivity contribution in [2.75, 3.05) is 11.5 Å². The first kappa shape index (κ1) is 15.8. The predicted molar refractivity (Wildman–Crippen MR) is 85.6 cm³/mol. The third-order valence-corrected chi connectivity index (χ3v) is 4.32. The topological polar surface area (TPSA) is 55.6 Å². The lowest BCUT2D eigenvalue weighted by atomic mass is 9.89. The Bertz CT molecular complexity index is 510. The molecular weight excluding hydrogens is 264 g/mol. The second-order valence-corrected chi connectivity index (χ2v) is 5.98. The molecule has 1 atom stereocenters. The fourth-order valence-corrected chi connectivity index (χ4v) is 3.03. The highest BCUT2D eigenvalue weighted by atomic mass is 16.5. The van der Waals surface area contributed by atoms with E-state index in [0.29, 0.717) is 5.92 Å². The van der Waals surface area contributed by atoms with Gasteiger partial charge in [-0.15, -0.1) is 0 Å². The van der Waals surface area contributed by atoms with Gasteiger partial charge in [-0.3, -0.25) is 4.79 Å². The van der Waals surface area contributed by atoms with Crippen molar-refractivity contribution in [3.8, 4) is 5.75 Å². The monoisotopic (exact) mass is 290 g/mol. The predicted octanol–water partition coefficient (Wildman–Crippen LogP) is 3.26. The van der Waals surface area contributed by atoms with Crippen LogP contribution in [0.15, 0.2) is 18.2 Å². The second-order valence-electron chi connectivity index (χ2n) is 5.98. The summed E-state index contributed by atoms with van der Waals surface area (Å²) in [6.07, 6.45) is 2.11. The molecule has 1 aromatic rings. The van der Waals surface area contributed by atoms with Gasteiger partial charge in [-0.1, -0.05) is 32.8 Å². The average molecular weight is 290 g/mol. The standard InChI is InChI=1S/C17H26N2O2/c1-5-12(6-2)17(18)13-7-8-15-14(9-13)19(11(3)4)16(20)10-21-15/h7-9,11-12,17H,5-6,10,18H2,1-4H3. The maximum atomic E-state index is 12.1. The molecule has 1 aliphatic heterocycles. The Morgan fingerprint density at radius 1 is 1.29 bits per heavy atom. The fourth-order valence-electron chi connectivity index (χ4n) is 3.03. The van der Waals surface area contributed by atoms with E-state index >= 15 is 0 Å². The molecule has 0 spiro atoms. The van der Waals surface area contributed by atoms with Gasteiger partial charge in [0.05, 0.1) is 5.69 Å². The van der Waals surface area contributed by atoms with Gasteiger partial charge < -0.3 is 15.4 Å². The molecule has 4 heteroatoms. The van der Waals surface area contributed by atoms with Crippen molar-refractivity contribution < 1.29 is 9.53 Å². The Balaban J connectivity index is 2.39. The number of hydrogen-bond acceptors (Lipinski definition) is 3. The van der Waals surface area contributed by atoms with Gasteiger partial charge in [0.25, 0.3) is 5.91 Å². The first-order chi connectivity index (χ1) is 9.99. The lowest BCUT2D eigenvalue weighted by Gasteiger charge is -2.33. The summed E-state index contributed by atoms with van der Waals surface area (Å²) in [4.78, 5) is 13.9. The highest BCUT2D eigenvalue weighted by Gasteiger charge is 2.28. The Hall–Kier alpha value is -1.55. The maximum Gasteiger partial charge on any atom is 0.265 e. The molecule has 2 rings (SSSR count). The lowest BCUT2D eigenvalue weighted by Crippen LogP contribution is -2.43. The first-order valence-electron chi connectivity index (χ1n) is 7.83. The zero-order chi connectivity index (χ0) is 15.6. The fraction of sp³-hybridized carbons (Fsp3) is 0.588. The van der Waals surface area contributed by atoms with E-state index in [2.05, 4.69) is 13.8 Å². The Morgan fingerprint density at radius 2 is 1.95 bits per heavy atom. The van der Waals surface area contributed by atoms with Crippen LogP contribution in [-0.4, -0.2) is 18.6 Å². The SMILES string of the molecule is CCC(CC)C(N)c1ccc2c(c1)N(C(C)C)C(=O)CO2. The van der Waals surface area contributed by atoms with E-state index in [9.17, 15) is 4.79 Å². The van der Waals surface area contributed by atoms with Gasteiger partial charge in [-0.2, -0.15) is 0 Å². The van der Waals surface area contributed by atoms with Crippen LogP contribution in [0.4, 0.5) is 5.69 Å². The van der Waals surface area contributed by atoms with Crippen molar-refractivity contribution in [2.45, 2.75) is 52.6 Å². The summed E-state index contributed by atoms with van der Waals surface area (Å²) >= 11 is 0. The molecule has 0 saturated heterocycles. The summed E-state index contributed by atoms with van der Waals surface area (Å²) in [5.41, 5.74) is 8.33. The number of carbonyl (C=O) groups is 1. The van der Waals surface area contributed by atoms with Crippen LogP contribution in [0.2, 0.25) is 0 Å². The van der Waals surface area contributed by atoms with Gasteiger partial charge in [0, 0.05) is 12.1 Å². The third-order valence-electron chi connectivity index (χ3n) is 4.32. The minimum atomic E-state index is -0.00339. The van der Waals surface area contributed by atoms with Crippen LogP contribution in [0, 0.1) is 5.92 Å². The molecule has 4 nitrogen and oxygen atoms in total. The molecule has 0 fully saturated rings. The summed E-state index contributed by atoms with van der Waals surface area (Å²) in [5.74, 6) is 1.23. The minimum Gasteiger partial charge on any atom is -0.482 e. The van der Waals surface area contributed by atoms with Gasteiger partial charge >= 0.3 is 0 Å². The Morgan fingerprint density at radius 3 is 2.52 bits per heavy atom. The molecule has 1 aromatic carbocycles. The molecule has 0 saturated carbocycles. The molecule has 0 bridgehead atoms. The molecule has 21 heavy (non-hydrogen) atoms. The first-order valence-corrected chi connectivity index (χ1v) is 7.83. The van der Waals surface area contributed by atoms with Crippen LogP contribution >= 0.6 is 0 Å². The van der Waals surface area contributed by atoms with Crippen LogP contribution in [0.3, 0.4) is 0 Å². The maximum absolute atomic E-state index is 12.1. The molecule has 116 valence electrons. The molecule has 0 aliphatic carbocycles. The summed E-state index contributed by atoms with van der Waals surface area (Å²) in [6.45, 7) is 8.48. The van der Waals surface area contributed by atoms with Crippen LogP contribution in [-0.2, 0) is 4.79 Å². The smallest absolute Gasteiger partial charge is 0.265 e. The van der Waals surface area contributed by atoms with Gasteiger partial charge in [-0.05, 0) is 37.5 Å². The number of hydrogen-bond donors (Lipinski definition) is 1. The Labute approximate surface area is 127 Å².